The maximum Gasteiger partial charge on any atom is 0.232 e. The monoisotopic (exact) mass is 359 g/mol. The Morgan fingerprint density at radius 2 is 1.72 bits per heavy atom. The Labute approximate surface area is 153 Å². The van der Waals surface area contributed by atoms with E-state index in [2.05, 4.69) is 5.32 Å². The van der Waals surface area contributed by atoms with Gasteiger partial charge in [0.05, 0.1) is 19.1 Å². The highest BCUT2D eigenvalue weighted by atomic mass is 35.5. The standard InChI is InChI=1S/C20H22ClNO3/c1-13(2)19(14-4-6-15(21)7-5-14)20(23)22-16-8-9-17-18(12-16)25-11-3-10-24-17/h4-9,12-13,19H,3,10-11H2,1-2H3,(H,22,23)/t19-/m0/s1. The summed E-state index contributed by atoms with van der Waals surface area (Å²) in [6.07, 6.45) is 0.850. The highest BCUT2D eigenvalue weighted by Gasteiger charge is 2.24. The Morgan fingerprint density at radius 3 is 2.40 bits per heavy atom. The van der Waals surface area contributed by atoms with Gasteiger partial charge in [0.15, 0.2) is 11.5 Å². The predicted molar refractivity (Wildman–Crippen MR) is 99.7 cm³/mol. The molecule has 1 aliphatic rings. The van der Waals surface area contributed by atoms with E-state index in [1.165, 1.54) is 0 Å². The Balaban J connectivity index is 1.79. The van der Waals surface area contributed by atoms with Crippen molar-refractivity contribution in [1.29, 1.82) is 0 Å². The van der Waals surface area contributed by atoms with Gasteiger partial charge in [0, 0.05) is 23.2 Å². The number of rotatable bonds is 4. The minimum Gasteiger partial charge on any atom is -0.490 e. The van der Waals surface area contributed by atoms with Crippen LogP contribution in [0.5, 0.6) is 11.5 Å². The molecule has 25 heavy (non-hydrogen) atoms. The Kier molecular flexibility index (Phi) is 5.49. The van der Waals surface area contributed by atoms with E-state index in [4.69, 9.17) is 21.1 Å². The molecule has 1 heterocycles. The molecule has 2 aromatic rings. The van der Waals surface area contributed by atoms with Crippen molar-refractivity contribution >= 4 is 23.2 Å². The molecule has 1 atom stereocenters. The third-order valence-electron chi connectivity index (χ3n) is 4.19. The van der Waals surface area contributed by atoms with Crippen LogP contribution < -0.4 is 14.8 Å². The lowest BCUT2D eigenvalue weighted by Crippen LogP contribution is -2.25. The van der Waals surface area contributed by atoms with Gasteiger partial charge in [-0.25, -0.2) is 0 Å². The SMILES string of the molecule is CC(C)[C@H](C(=O)Nc1ccc2c(c1)OCCCO2)c1ccc(Cl)cc1. The summed E-state index contributed by atoms with van der Waals surface area (Å²) in [5.41, 5.74) is 1.65. The number of benzene rings is 2. The van der Waals surface area contributed by atoms with Crippen LogP contribution >= 0.6 is 11.6 Å². The van der Waals surface area contributed by atoms with Crippen LogP contribution in [0.2, 0.25) is 5.02 Å². The fraction of sp³-hybridized carbons (Fsp3) is 0.350. The number of ether oxygens (including phenoxy) is 2. The first-order valence-electron chi connectivity index (χ1n) is 8.50. The summed E-state index contributed by atoms with van der Waals surface area (Å²) in [5.74, 6) is 1.23. The van der Waals surface area contributed by atoms with E-state index in [0.29, 0.717) is 35.4 Å². The molecule has 132 valence electrons. The zero-order valence-corrected chi connectivity index (χ0v) is 15.2. The number of amides is 1. The van der Waals surface area contributed by atoms with E-state index in [1.54, 1.807) is 0 Å². The van der Waals surface area contributed by atoms with Crippen molar-refractivity contribution in [1.82, 2.24) is 0 Å². The fourth-order valence-electron chi connectivity index (χ4n) is 2.97. The lowest BCUT2D eigenvalue weighted by atomic mass is 9.87. The van der Waals surface area contributed by atoms with Crippen LogP contribution in [-0.4, -0.2) is 19.1 Å². The minimum atomic E-state index is -0.256. The molecule has 0 fully saturated rings. The van der Waals surface area contributed by atoms with E-state index >= 15 is 0 Å². The van der Waals surface area contributed by atoms with Gasteiger partial charge in [0.1, 0.15) is 0 Å². The predicted octanol–water partition coefficient (Wildman–Crippen LogP) is 4.88. The zero-order valence-electron chi connectivity index (χ0n) is 14.4. The van der Waals surface area contributed by atoms with Gasteiger partial charge < -0.3 is 14.8 Å². The molecule has 0 saturated carbocycles. The van der Waals surface area contributed by atoms with Crippen molar-refractivity contribution in [3.8, 4) is 11.5 Å². The molecule has 0 spiro atoms. The topological polar surface area (TPSA) is 47.6 Å². The average molecular weight is 360 g/mol. The van der Waals surface area contributed by atoms with Crippen LogP contribution in [0.15, 0.2) is 42.5 Å². The third kappa shape index (κ3) is 4.26. The molecule has 3 rings (SSSR count). The molecule has 4 nitrogen and oxygen atoms in total. The van der Waals surface area contributed by atoms with Crippen LogP contribution in [0.1, 0.15) is 31.7 Å². The van der Waals surface area contributed by atoms with E-state index in [0.717, 1.165) is 12.0 Å². The van der Waals surface area contributed by atoms with Crippen LogP contribution in [0.3, 0.4) is 0 Å². The molecule has 0 aliphatic carbocycles. The Morgan fingerprint density at radius 1 is 1.04 bits per heavy atom. The van der Waals surface area contributed by atoms with Crippen LogP contribution in [0, 0.1) is 5.92 Å². The zero-order chi connectivity index (χ0) is 17.8. The number of hydrogen-bond acceptors (Lipinski definition) is 3. The molecule has 2 aromatic carbocycles. The fourth-order valence-corrected chi connectivity index (χ4v) is 3.10. The first-order chi connectivity index (χ1) is 12.0. The van der Waals surface area contributed by atoms with Gasteiger partial charge >= 0.3 is 0 Å². The van der Waals surface area contributed by atoms with Gasteiger partial charge in [-0.1, -0.05) is 37.6 Å². The molecule has 1 N–H and O–H groups in total. The van der Waals surface area contributed by atoms with E-state index in [9.17, 15) is 4.79 Å². The molecule has 5 heteroatoms. The lowest BCUT2D eigenvalue weighted by Gasteiger charge is -2.21. The average Bonchev–Trinajstić information content (AvgIpc) is 2.81. The highest BCUT2D eigenvalue weighted by Crippen LogP contribution is 2.33. The second-order valence-electron chi connectivity index (χ2n) is 6.47. The van der Waals surface area contributed by atoms with Crippen molar-refractivity contribution in [2.45, 2.75) is 26.2 Å². The van der Waals surface area contributed by atoms with Crippen LogP contribution in [0.25, 0.3) is 0 Å². The first kappa shape index (κ1) is 17.6. The number of halogens is 1. The number of anilines is 1. The minimum absolute atomic E-state index is 0.0492. The molecule has 0 saturated heterocycles. The maximum atomic E-state index is 12.9. The number of carbonyl (C=O) groups excluding carboxylic acids is 1. The summed E-state index contributed by atoms with van der Waals surface area (Å²) >= 11 is 5.96. The lowest BCUT2D eigenvalue weighted by molar-refractivity contribution is -0.118. The molecule has 0 unspecified atom stereocenters. The van der Waals surface area contributed by atoms with Gasteiger partial charge in [-0.2, -0.15) is 0 Å². The quantitative estimate of drug-likeness (QED) is 0.846. The van der Waals surface area contributed by atoms with Gasteiger partial charge in [0.25, 0.3) is 0 Å². The van der Waals surface area contributed by atoms with Crippen molar-refractivity contribution < 1.29 is 14.3 Å². The molecular formula is C20H22ClNO3. The third-order valence-corrected chi connectivity index (χ3v) is 4.45. The molecule has 0 radical (unpaired) electrons. The normalized spacial score (nSPS) is 14.7. The summed E-state index contributed by atoms with van der Waals surface area (Å²) in [5, 5.41) is 3.66. The maximum absolute atomic E-state index is 12.9. The van der Waals surface area contributed by atoms with E-state index in [-0.39, 0.29) is 17.7 Å². The summed E-state index contributed by atoms with van der Waals surface area (Å²) in [6, 6.07) is 12.9. The van der Waals surface area contributed by atoms with E-state index < -0.39 is 0 Å². The number of carbonyl (C=O) groups is 1. The second kappa shape index (κ2) is 7.79. The number of hydrogen-bond donors (Lipinski definition) is 1. The summed E-state index contributed by atoms with van der Waals surface area (Å²) in [7, 11) is 0. The van der Waals surface area contributed by atoms with Gasteiger partial charge in [0.2, 0.25) is 5.91 Å². The van der Waals surface area contributed by atoms with Crippen molar-refractivity contribution in [2.75, 3.05) is 18.5 Å². The smallest absolute Gasteiger partial charge is 0.232 e. The van der Waals surface area contributed by atoms with E-state index in [1.807, 2.05) is 56.3 Å². The van der Waals surface area contributed by atoms with Gasteiger partial charge in [-0.3, -0.25) is 4.79 Å². The van der Waals surface area contributed by atoms with Crippen molar-refractivity contribution in [3.05, 3.63) is 53.1 Å². The first-order valence-corrected chi connectivity index (χ1v) is 8.88. The van der Waals surface area contributed by atoms with Gasteiger partial charge in [-0.15, -0.1) is 0 Å². The summed E-state index contributed by atoms with van der Waals surface area (Å²) in [6.45, 7) is 5.33. The summed E-state index contributed by atoms with van der Waals surface area (Å²) in [4.78, 5) is 12.9. The van der Waals surface area contributed by atoms with Crippen molar-refractivity contribution in [2.24, 2.45) is 5.92 Å². The highest BCUT2D eigenvalue weighted by molar-refractivity contribution is 6.30. The van der Waals surface area contributed by atoms with Crippen LogP contribution in [0.4, 0.5) is 5.69 Å². The molecule has 1 aliphatic heterocycles. The molecule has 0 bridgehead atoms. The Bertz CT molecular complexity index is 743. The molecular weight excluding hydrogens is 338 g/mol. The summed E-state index contributed by atoms with van der Waals surface area (Å²) < 4.78 is 11.3. The molecule has 0 aromatic heterocycles. The van der Waals surface area contributed by atoms with Crippen LogP contribution in [-0.2, 0) is 4.79 Å². The van der Waals surface area contributed by atoms with Crippen molar-refractivity contribution in [3.63, 3.8) is 0 Å². The Hall–Kier alpha value is -2.20. The van der Waals surface area contributed by atoms with Gasteiger partial charge in [-0.05, 0) is 35.7 Å². The molecule has 1 amide bonds. The number of nitrogens with one attached hydrogen (secondary N) is 1. The second-order valence-corrected chi connectivity index (χ2v) is 6.91. The largest absolute Gasteiger partial charge is 0.490 e. The number of fused-ring (bicyclic) bond motifs is 1.